The molecule has 0 N–H and O–H groups in total. The summed E-state index contributed by atoms with van der Waals surface area (Å²) < 4.78 is 0. The van der Waals surface area contributed by atoms with Gasteiger partial charge in [0.1, 0.15) is 0 Å². The summed E-state index contributed by atoms with van der Waals surface area (Å²) in [4.78, 5) is 0. The molecule has 0 heterocycles. The summed E-state index contributed by atoms with van der Waals surface area (Å²) in [7, 11) is 0. The monoisotopic (exact) mass is 174 g/mol. The highest BCUT2D eigenvalue weighted by atomic mass is 13.9. The Labute approximate surface area is 82.8 Å². The van der Waals surface area contributed by atoms with Gasteiger partial charge in [0.05, 0.1) is 0 Å². The molecule has 0 bridgehead atoms. The lowest BCUT2D eigenvalue weighted by Crippen LogP contribution is -2.06. The van der Waals surface area contributed by atoms with Gasteiger partial charge in [-0.05, 0) is 13.3 Å². The van der Waals surface area contributed by atoms with E-state index in [2.05, 4.69) is 32.6 Å². The van der Waals surface area contributed by atoms with Crippen molar-refractivity contribution in [1.29, 1.82) is 0 Å². The Morgan fingerprint density at radius 1 is 1.08 bits per heavy atom. The average Bonchev–Trinajstić information content (AvgIpc) is 2.05. The standard InChI is InChI=1S/C12H19B/c1-5-8-12(4)11-13(9-6-2)10-7-3/h5-7,11H,1-3,8-10H2,4H3/b12-11-. The molecule has 0 saturated carbocycles. The molecule has 0 aliphatic rings. The average molecular weight is 174 g/mol. The molecule has 0 unspecified atom stereocenters. The van der Waals surface area contributed by atoms with E-state index in [-0.39, 0.29) is 0 Å². The van der Waals surface area contributed by atoms with Gasteiger partial charge in [0.25, 0.3) is 0 Å². The van der Waals surface area contributed by atoms with Crippen LogP contribution >= 0.6 is 0 Å². The topological polar surface area (TPSA) is 0 Å². The third kappa shape index (κ3) is 6.21. The summed E-state index contributed by atoms with van der Waals surface area (Å²) in [6, 6.07) is 0. The normalized spacial score (nSPS) is 10.7. The molecule has 0 radical (unpaired) electrons. The molecule has 0 nitrogen and oxygen atoms in total. The lowest BCUT2D eigenvalue weighted by molar-refractivity contribution is 1.22. The molecule has 0 saturated heterocycles. The van der Waals surface area contributed by atoms with Crippen molar-refractivity contribution < 1.29 is 0 Å². The van der Waals surface area contributed by atoms with E-state index in [4.69, 9.17) is 0 Å². The summed E-state index contributed by atoms with van der Waals surface area (Å²) in [5.41, 5.74) is 1.38. The van der Waals surface area contributed by atoms with E-state index in [0.29, 0.717) is 6.71 Å². The highest BCUT2D eigenvalue weighted by molar-refractivity contribution is 6.65. The molecule has 0 aromatic carbocycles. The first-order chi connectivity index (χ1) is 6.24. The summed E-state index contributed by atoms with van der Waals surface area (Å²) in [5, 5.41) is 0. The van der Waals surface area contributed by atoms with Crippen LogP contribution < -0.4 is 0 Å². The molecular weight excluding hydrogens is 155 g/mol. The van der Waals surface area contributed by atoms with Crippen LogP contribution in [0.3, 0.4) is 0 Å². The van der Waals surface area contributed by atoms with Crippen molar-refractivity contribution in [1.82, 2.24) is 0 Å². The Morgan fingerprint density at radius 3 is 2.00 bits per heavy atom. The molecule has 0 aliphatic carbocycles. The molecule has 0 amide bonds. The first-order valence-electron chi connectivity index (χ1n) is 4.74. The highest BCUT2D eigenvalue weighted by Gasteiger charge is 2.05. The van der Waals surface area contributed by atoms with Crippen molar-refractivity contribution in [3.63, 3.8) is 0 Å². The van der Waals surface area contributed by atoms with Gasteiger partial charge >= 0.3 is 0 Å². The van der Waals surface area contributed by atoms with Crippen molar-refractivity contribution in [3.05, 3.63) is 49.5 Å². The fourth-order valence-electron chi connectivity index (χ4n) is 1.36. The Morgan fingerprint density at radius 2 is 1.62 bits per heavy atom. The molecule has 70 valence electrons. The molecule has 0 fully saturated rings. The molecule has 0 aliphatic heterocycles. The summed E-state index contributed by atoms with van der Waals surface area (Å²) in [6.07, 6.45) is 8.90. The minimum Gasteiger partial charge on any atom is -0.115 e. The Hall–Kier alpha value is -0.975. The second-order valence-corrected chi connectivity index (χ2v) is 3.31. The van der Waals surface area contributed by atoms with E-state index >= 15 is 0 Å². The maximum absolute atomic E-state index is 3.75. The number of allylic oxidation sites excluding steroid dienone is 4. The molecular formula is C12H19B. The predicted molar refractivity (Wildman–Crippen MR) is 64.3 cm³/mol. The first-order valence-corrected chi connectivity index (χ1v) is 4.74. The Kier molecular flexibility index (Phi) is 7.09. The smallest absolute Gasteiger partial charge is 0.115 e. The fourth-order valence-corrected chi connectivity index (χ4v) is 1.36. The molecule has 0 atom stereocenters. The second kappa shape index (κ2) is 7.66. The molecule has 0 aromatic heterocycles. The van der Waals surface area contributed by atoms with Gasteiger partial charge in [-0.15, -0.1) is 25.7 Å². The van der Waals surface area contributed by atoms with Crippen LogP contribution in [0.1, 0.15) is 13.3 Å². The third-order valence-electron chi connectivity index (χ3n) is 1.93. The van der Waals surface area contributed by atoms with Crippen molar-refractivity contribution >= 4 is 6.71 Å². The van der Waals surface area contributed by atoms with Crippen LogP contribution in [0.2, 0.25) is 12.6 Å². The van der Waals surface area contributed by atoms with Gasteiger partial charge in [-0.2, -0.15) is 0 Å². The highest BCUT2D eigenvalue weighted by Crippen LogP contribution is 2.08. The van der Waals surface area contributed by atoms with E-state index in [1.54, 1.807) is 0 Å². The number of hydrogen-bond acceptors (Lipinski definition) is 0. The van der Waals surface area contributed by atoms with E-state index in [0.717, 1.165) is 19.1 Å². The quantitative estimate of drug-likeness (QED) is 0.405. The van der Waals surface area contributed by atoms with Crippen LogP contribution in [0, 0.1) is 0 Å². The summed E-state index contributed by atoms with van der Waals surface area (Å²) in [5.74, 6) is 2.30. The zero-order valence-corrected chi connectivity index (χ0v) is 8.63. The SMILES string of the molecule is C=CCB(/C=C(/C)CC=C)CC=C. The Bertz CT molecular complexity index is 191. The summed E-state index contributed by atoms with van der Waals surface area (Å²) >= 11 is 0. The first kappa shape index (κ1) is 12.0. The van der Waals surface area contributed by atoms with Crippen molar-refractivity contribution in [2.75, 3.05) is 0 Å². The predicted octanol–water partition coefficient (Wildman–Crippen LogP) is 3.91. The van der Waals surface area contributed by atoms with Crippen LogP contribution in [-0.2, 0) is 0 Å². The van der Waals surface area contributed by atoms with Crippen LogP contribution in [0.25, 0.3) is 0 Å². The van der Waals surface area contributed by atoms with Gasteiger partial charge in [0, 0.05) is 0 Å². The zero-order chi connectivity index (χ0) is 10.1. The van der Waals surface area contributed by atoms with Gasteiger partial charge in [-0.1, -0.05) is 36.4 Å². The minimum absolute atomic E-state index is 0.565. The van der Waals surface area contributed by atoms with Gasteiger partial charge in [0.2, 0.25) is 0 Å². The number of rotatable bonds is 7. The van der Waals surface area contributed by atoms with Crippen molar-refractivity contribution in [2.24, 2.45) is 0 Å². The van der Waals surface area contributed by atoms with Gasteiger partial charge in [-0.3, -0.25) is 0 Å². The minimum atomic E-state index is 0.565. The summed E-state index contributed by atoms with van der Waals surface area (Å²) in [6.45, 7) is 13.9. The molecule has 0 rings (SSSR count). The lowest BCUT2D eigenvalue weighted by atomic mass is 9.44. The van der Waals surface area contributed by atoms with Crippen LogP contribution in [0.4, 0.5) is 0 Å². The Balaban J connectivity index is 4.18. The van der Waals surface area contributed by atoms with Crippen LogP contribution in [0.5, 0.6) is 0 Å². The maximum atomic E-state index is 3.75. The molecule has 1 heteroatoms. The van der Waals surface area contributed by atoms with E-state index in [9.17, 15) is 0 Å². The van der Waals surface area contributed by atoms with Gasteiger partial charge < -0.3 is 0 Å². The molecule has 13 heavy (non-hydrogen) atoms. The number of hydrogen-bond donors (Lipinski definition) is 0. The van der Waals surface area contributed by atoms with E-state index < -0.39 is 0 Å². The van der Waals surface area contributed by atoms with Gasteiger partial charge in [0.15, 0.2) is 6.71 Å². The second-order valence-electron chi connectivity index (χ2n) is 3.31. The molecule has 0 aromatic rings. The van der Waals surface area contributed by atoms with Crippen LogP contribution in [-0.4, -0.2) is 6.71 Å². The fraction of sp³-hybridized carbons (Fsp3) is 0.333. The molecule has 0 spiro atoms. The van der Waals surface area contributed by atoms with E-state index in [1.165, 1.54) is 5.57 Å². The maximum Gasteiger partial charge on any atom is 0.173 e. The van der Waals surface area contributed by atoms with Crippen molar-refractivity contribution in [3.8, 4) is 0 Å². The van der Waals surface area contributed by atoms with E-state index in [1.807, 2.05) is 18.2 Å². The largest absolute Gasteiger partial charge is 0.173 e. The third-order valence-corrected chi connectivity index (χ3v) is 1.93. The van der Waals surface area contributed by atoms with Gasteiger partial charge in [-0.25, -0.2) is 0 Å². The van der Waals surface area contributed by atoms with Crippen molar-refractivity contribution in [2.45, 2.75) is 26.0 Å². The zero-order valence-electron chi connectivity index (χ0n) is 8.63. The van der Waals surface area contributed by atoms with Crippen LogP contribution in [0.15, 0.2) is 49.5 Å². The lowest BCUT2D eigenvalue weighted by Gasteiger charge is -2.04.